The lowest BCUT2D eigenvalue weighted by molar-refractivity contribution is 0.0702. The Morgan fingerprint density at radius 2 is 2.37 bits per heavy atom. The van der Waals surface area contributed by atoms with Crippen molar-refractivity contribution in [2.24, 2.45) is 0 Å². The van der Waals surface area contributed by atoms with Crippen molar-refractivity contribution in [2.45, 2.75) is 26.6 Å². The molecule has 0 amide bonds. The Balaban J connectivity index is 1.74. The highest BCUT2D eigenvalue weighted by atomic mass is 32.1. The minimum Gasteiger partial charge on any atom is -0.477 e. The lowest BCUT2D eigenvalue weighted by atomic mass is 10.2. The highest BCUT2D eigenvalue weighted by Gasteiger charge is 2.19. The Bertz CT molecular complexity index is 617. The summed E-state index contributed by atoms with van der Waals surface area (Å²) >= 11 is 1.35. The number of thiophene rings is 1. The Morgan fingerprint density at radius 1 is 1.53 bits per heavy atom. The third-order valence-corrected chi connectivity index (χ3v) is 4.53. The molecular weight excluding hydrogens is 262 g/mol. The van der Waals surface area contributed by atoms with Crippen LogP contribution in [0, 0.1) is 6.92 Å². The molecule has 0 radical (unpaired) electrons. The number of carbonyl (C=O) groups is 1. The number of hydrogen-bond donors (Lipinski definition) is 1. The van der Waals surface area contributed by atoms with Gasteiger partial charge in [0.2, 0.25) is 0 Å². The van der Waals surface area contributed by atoms with Crippen molar-refractivity contribution in [3.8, 4) is 0 Å². The third-order valence-electron chi connectivity index (χ3n) is 3.45. The smallest absolute Gasteiger partial charge is 0.345 e. The van der Waals surface area contributed by atoms with Gasteiger partial charge in [0.15, 0.2) is 0 Å². The molecule has 1 aliphatic rings. The zero-order valence-electron chi connectivity index (χ0n) is 10.7. The Hall–Kier alpha value is -1.66. The van der Waals surface area contributed by atoms with E-state index in [1.807, 2.05) is 19.3 Å². The first-order valence-corrected chi connectivity index (χ1v) is 7.00. The van der Waals surface area contributed by atoms with Crippen molar-refractivity contribution < 1.29 is 9.90 Å². The van der Waals surface area contributed by atoms with Crippen LogP contribution in [0.1, 0.15) is 25.9 Å². The van der Waals surface area contributed by atoms with Gasteiger partial charge in [-0.3, -0.25) is 4.90 Å². The summed E-state index contributed by atoms with van der Waals surface area (Å²) in [7, 11) is 0. The summed E-state index contributed by atoms with van der Waals surface area (Å²) in [6.07, 6.45) is 3.84. The number of aromatic nitrogens is 2. The van der Waals surface area contributed by atoms with Crippen molar-refractivity contribution in [3.63, 3.8) is 0 Å². The second-order valence-electron chi connectivity index (χ2n) is 4.74. The van der Waals surface area contributed by atoms with Crippen LogP contribution in [0.3, 0.4) is 0 Å². The van der Waals surface area contributed by atoms with Crippen LogP contribution < -0.4 is 0 Å². The van der Waals surface area contributed by atoms with E-state index in [-0.39, 0.29) is 0 Å². The molecule has 0 saturated carbocycles. The molecule has 3 heterocycles. The number of nitrogens with zero attached hydrogens (tertiary/aromatic N) is 3. The molecule has 0 aromatic carbocycles. The number of rotatable bonds is 3. The standard InChI is InChI=1S/C13H15N3O2S/c1-9-10(6-11(19-9)13(17)18)7-15-4-5-16-3-2-14-12(16)8-15/h2-3,6H,4-5,7-8H2,1H3,(H,17,18). The molecule has 5 nitrogen and oxygen atoms in total. The SMILES string of the molecule is Cc1sc(C(=O)O)cc1CN1CCn2ccnc2C1. The lowest BCUT2D eigenvalue weighted by Gasteiger charge is -2.27. The first kappa shape index (κ1) is 12.4. The van der Waals surface area contributed by atoms with Gasteiger partial charge in [0.05, 0.1) is 6.54 Å². The monoisotopic (exact) mass is 277 g/mol. The predicted octanol–water partition coefficient (Wildman–Crippen LogP) is 1.97. The third kappa shape index (κ3) is 2.41. The largest absolute Gasteiger partial charge is 0.477 e. The maximum Gasteiger partial charge on any atom is 0.345 e. The fourth-order valence-corrected chi connectivity index (χ4v) is 3.25. The van der Waals surface area contributed by atoms with Crippen LogP contribution in [0.25, 0.3) is 0 Å². The number of aromatic carboxylic acids is 1. The lowest BCUT2D eigenvalue weighted by Crippen LogP contribution is -2.33. The first-order valence-electron chi connectivity index (χ1n) is 6.18. The molecule has 0 fully saturated rings. The number of fused-ring (bicyclic) bond motifs is 1. The number of carboxylic acids is 1. The van der Waals surface area contributed by atoms with Crippen molar-refractivity contribution in [2.75, 3.05) is 6.54 Å². The summed E-state index contributed by atoms with van der Waals surface area (Å²) in [5.41, 5.74) is 1.11. The first-order chi connectivity index (χ1) is 9.13. The summed E-state index contributed by atoms with van der Waals surface area (Å²) in [6.45, 7) is 5.52. The average Bonchev–Trinajstić information content (AvgIpc) is 2.96. The van der Waals surface area contributed by atoms with Gasteiger partial charge in [-0.1, -0.05) is 0 Å². The maximum atomic E-state index is 11.0. The Labute approximate surface area is 115 Å². The van der Waals surface area contributed by atoms with E-state index < -0.39 is 5.97 Å². The maximum absolute atomic E-state index is 11.0. The van der Waals surface area contributed by atoms with Crippen LogP contribution in [0.5, 0.6) is 0 Å². The fraction of sp³-hybridized carbons (Fsp3) is 0.385. The van der Waals surface area contributed by atoms with Gasteiger partial charge in [0, 0.05) is 36.9 Å². The topological polar surface area (TPSA) is 58.4 Å². The predicted molar refractivity (Wildman–Crippen MR) is 72.4 cm³/mol. The Kier molecular flexibility index (Phi) is 3.12. The number of imidazole rings is 1. The Morgan fingerprint density at radius 3 is 3.11 bits per heavy atom. The molecule has 1 aliphatic heterocycles. The summed E-state index contributed by atoms with van der Waals surface area (Å²) in [5, 5.41) is 9.01. The van der Waals surface area contributed by atoms with Crippen LogP contribution in [0.15, 0.2) is 18.5 Å². The molecule has 2 aromatic rings. The number of carboxylic acid groups (broad SMARTS) is 1. The average molecular weight is 277 g/mol. The highest BCUT2D eigenvalue weighted by Crippen LogP contribution is 2.24. The van der Waals surface area contributed by atoms with Gasteiger partial charge in [-0.2, -0.15) is 0 Å². The van der Waals surface area contributed by atoms with Gasteiger partial charge in [-0.25, -0.2) is 9.78 Å². The molecule has 0 unspecified atom stereocenters. The van der Waals surface area contributed by atoms with Crippen molar-refractivity contribution in [1.29, 1.82) is 0 Å². The summed E-state index contributed by atoms with van der Waals surface area (Å²) in [4.78, 5) is 19.1. The van der Waals surface area contributed by atoms with Crippen molar-refractivity contribution in [1.82, 2.24) is 14.5 Å². The van der Waals surface area contributed by atoms with E-state index in [0.717, 1.165) is 42.4 Å². The zero-order valence-corrected chi connectivity index (χ0v) is 11.5. The second-order valence-corrected chi connectivity index (χ2v) is 6.00. The molecule has 100 valence electrons. The second kappa shape index (κ2) is 4.79. The summed E-state index contributed by atoms with van der Waals surface area (Å²) in [6, 6.07) is 1.80. The molecule has 0 atom stereocenters. The molecule has 6 heteroatoms. The van der Waals surface area contributed by atoms with Gasteiger partial charge < -0.3 is 9.67 Å². The van der Waals surface area contributed by atoms with Gasteiger partial charge in [0.25, 0.3) is 0 Å². The van der Waals surface area contributed by atoms with E-state index in [0.29, 0.717) is 4.88 Å². The van der Waals surface area contributed by atoms with E-state index in [4.69, 9.17) is 5.11 Å². The summed E-state index contributed by atoms with van der Waals surface area (Å²) < 4.78 is 2.17. The van der Waals surface area contributed by atoms with E-state index in [1.54, 1.807) is 6.07 Å². The number of hydrogen-bond acceptors (Lipinski definition) is 4. The van der Waals surface area contributed by atoms with Gasteiger partial charge in [-0.05, 0) is 18.6 Å². The van der Waals surface area contributed by atoms with E-state index in [2.05, 4.69) is 14.5 Å². The molecule has 0 saturated heterocycles. The molecule has 1 N–H and O–H groups in total. The van der Waals surface area contributed by atoms with Crippen LogP contribution in [-0.2, 0) is 19.6 Å². The fourth-order valence-electron chi connectivity index (χ4n) is 2.38. The summed E-state index contributed by atoms with van der Waals surface area (Å²) in [5.74, 6) is 0.242. The molecule has 0 spiro atoms. The quantitative estimate of drug-likeness (QED) is 0.932. The van der Waals surface area contributed by atoms with Crippen LogP contribution >= 0.6 is 11.3 Å². The van der Waals surface area contributed by atoms with Crippen molar-refractivity contribution >= 4 is 17.3 Å². The van der Waals surface area contributed by atoms with Crippen molar-refractivity contribution in [3.05, 3.63) is 39.6 Å². The van der Waals surface area contributed by atoms with Gasteiger partial charge >= 0.3 is 5.97 Å². The van der Waals surface area contributed by atoms with Crippen LogP contribution in [0.2, 0.25) is 0 Å². The van der Waals surface area contributed by atoms with Crippen LogP contribution in [0.4, 0.5) is 0 Å². The van der Waals surface area contributed by atoms with Gasteiger partial charge in [0.1, 0.15) is 10.7 Å². The molecule has 19 heavy (non-hydrogen) atoms. The molecule has 3 rings (SSSR count). The normalized spacial score (nSPS) is 15.4. The van der Waals surface area contributed by atoms with Crippen LogP contribution in [-0.4, -0.2) is 32.1 Å². The number of aryl methyl sites for hydroxylation is 1. The zero-order chi connectivity index (χ0) is 13.4. The molecule has 2 aromatic heterocycles. The van der Waals surface area contributed by atoms with E-state index in [9.17, 15) is 4.79 Å². The minimum atomic E-state index is -0.839. The molecular formula is C13H15N3O2S. The highest BCUT2D eigenvalue weighted by molar-refractivity contribution is 7.14. The molecule has 0 aliphatic carbocycles. The van der Waals surface area contributed by atoms with Gasteiger partial charge in [-0.15, -0.1) is 11.3 Å². The van der Waals surface area contributed by atoms with E-state index in [1.165, 1.54) is 11.3 Å². The molecule has 0 bridgehead atoms. The van der Waals surface area contributed by atoms with E-state index >= 15 is 0 Å². The minimum absolute atomic E-state index is 0.422.